The lowest BCUT2D eigenvalue weighted by Gasteiger charge is -2.20. The molecule has 2 aromatic heterocycles. The summed E-state index contributed by atoms with van der Waals surface area (Å²) in [6.45, 7) is 0. The van der Waals surface area contributed by atoms with Crippen LogP contribution in [0, 0.1) is 0 Å². The molecule has 0 radical (unpaired) electrons. The van der Waals surface area contributed by atoms with Gasteiger partial charge in [-0.05, 0) is 108 Å². The van der Waals surface area contributed by atoms with Gasteiger partial charge < -0.3 is 8.98 Å². The van der Waals surface area contributed by atoms with E-state index in [9.17, 15) is 0 Å². The molecule has 12 aromatic rings. The molecule has 0 aliphatic heterocycles. The van der Waals surface area contributed by atoms with Crippen LogP contribution in [0.2, 0.25) is 0 Å². The highest BCUT2D eigenvalue weighted by atomic mass is 16.3. The Balaban J connectivity index is 1.15. The van der Waals surface area contributed by atoms with E-state index >= 15 is 0 Å². The molecule has 0 atom stereocenters. The van der Waals surface area contributed by atoms with Crippen molar-refractivity contribution >= 4 is 76.0 Å². The van der Waals surface area contributed by atoms with E-state index in [4.69, 9.17) is 9.40 Å². The number of hydrogen-bond acceptors (Lipinski definition) is 2. The lowest BCUT2D eigenvalue weighted by molar-refractivity contribution is 0.623. The van der Waals surface area contributed by atoms with Gasteiger partial charge in [0.2, 0.25) is 5.89 Å². The van der Waals surface area contributed by atoms with Gasteiger partial charge in [0.15, 0.2) is 5.58 Å². The molecule has 56 heavy (non-hydrogen) atoms. The molecule has 12 rings (SSSR count). The first kappa shape index (κ1) is 30.9. The summed E-state index contributed by atoms with van der Waals surface area (Å²) >= 11 is 0. The van der Waals surface area contributed by atoms with Crippen molar-refractivity contribution in [1.82, 2.24) is 9.55 Å². The van der Waals surface area contributed by atoms with Gasteiger partial charge in [0.1, 0.15) is 5.52 Å². The van der Waals surface area contributed by atoms with E-state index in [2.05, 4.69) is 180 Å². The number of aromatic nitrogens is 2. The van der Waals surface area contributed by atoms with Gasteiger partial charge in [-0.3, -0.25) is 0 Å². The van der Waals surface area contributed by atoms with Gasteiger partial charge in [-0.2, -0.15) is 0 Å². The Bertz CT molecular complexity index is 3430. The molecule has 0 spiro atoms. The monoisotopic (exact) mass is 712 g/mol. The smallest absolute Gasteiger partial charge is 0.227 e. The highest BCUT2D eigenvalue weighted by Gasteiger charge is 2.22. The summed E-state index contributed by atoms with van der Waals surface area (Å²) in [7, 11) is 0. The van der Waals surface area contributed by atoms with E-state index in [0.29, 0.717) is 5.89 Å². The summed E-state index contributed by atoms with van der Waals surface area (Å²) in [5.41, 5.74) is 11.0. The summed E-state index contributed by atoms with van der Waals surface area (Å²) in [6, 6.07) is 69.9. The lowest BCUT2D eigenvalue weighted by Crippen LogP contribution is -1.95. The molecular formula is C53H32N2O. The van der Waals surface area contributed by atoms with Crippen LogP contribution in [-0.2, 0) is 0 Å². The van der Waals surface area contributed by atoms with Crippen molar-refractivity contribution < 1.29 is 4.42 Å². The van der Waals surface area contributed by atoms with E-state index in [0.717, 1.165) is 43.9 Å². The minimum absolute atomic E-state index is 0.631. The molecule has 0 amide bonds. The lowest BCUT2D eigenvalue weighted by atomic mass is 9.83. The van der Waals surface area contributed by atoms with Crippen molar-refractivity contribution in [3.8, 4) is 39.4 Å². The maximum Gasteiger partial charge on any atom is 0.227 e. The molecule has 0 aliphatic rings. The molecule has 260 valence electrons. The van der Waals surface area contributed by atoms with Gasteiger partial charge in [0, 0.05) is 27.4 Å². The summed E-state index contributed by atoms with van der Waals surface area (Å²) in [5, 5.41) is 11.9. The summed E-state index contributed by atoms with van der Waals surface area (Å²) < 4.78 is 9.10. The van der Waals surface area contributed by atoms with Gasteiger partial charge in [-0.15, -0.1) is 0 Å². The Hall–Kier alpha value is -7.49. The molecule has 0 aliphatic carbocycles. The van der Waals surface area contributed by atoms with Crippen LogP contribution in [0.1, 0.15) is 0 Å². The first-order valence-electron chi connectivity index (χ1n) is 19.1. The predicted molar refractivity (Wildman–Crippen MR) is 235 cm³/mol. The predicted octanol–water partition coefficient (Wildman–Crippen LogP) is 14.5. The van der Waals surface area contributed by atoms with Gasteiger partial charge >= 0.3 is 0 Å². The third kappa shape index (κ3) is 4.49. The molecular weight excluding hydrogens is 681 g/mol. The zero-order valence-electron chi connectivity index (χ0n) is 30.3. The van der Waals surface area contributed by atoms with Crippen molar-refractivity contribution in [2.45, 2.75) is 0 Å². The zero-order valence-corrected chi connectivity index (χ0v) is 30.3. The number of benzene rings is 10. The molecule has 0 saturated heterocycles. The van der Waals surface area contributed by atoms with E-state index in [1.165, 1.54) is 65.6 Å². The number of rotatable bonds is 4. The third-order valence-corrected chi connectivity index (χ3v) is 11.6. The second kappa shape index (κ2) is 12.0. The standard InChI is InChI=1S/C53H32N2O/c1-2-15-33(16-3-1)53-54-46-30-29-44-45(32-34-17-4-5-20-37(34)51(44)52(46)56-53)50-42-25-8-6-23-40(42)49(41-24-7-9-26-43(41)50)35-18-14-19-36(31-35)55-47-27-12-10-21-38(47)39-22-11-13-28-48(39)55/h1-32H. The zero-order chi connectivity index (χ0) is 36.7. The van der Waals surface area contributed by atoms with Crippen molar-refractivity contribution in [2.24, 2.45) is 0 Å². The maximum absolute atomic E-state index is 6.70. The van der Waals surface area contributed by atoms with Gasteiger partial charge in [0.25, 0.3) is 0 Å². The first-order chi connectivity index (χ1) is 27.8. The SMILES string of the molecule is c1ccc(-c2nc3ccc4c(-c5c6ccccc6c(-c6cccc(-n7c8ccccc8c8ccccc87)c6)c6ccccc56)cc5ccccc5c4c3o2)cc1. The number of nitrogens with zero attached hydrogens (tertiary/aromatic N) is 2. The fraction of sp³-hybridized carbons (Fsp3) is 0. The molecule has 0 fully saturated rings. The highest BCUT2D eigenvalue weighted by Crippen LogP contribution is 2.48. The normalized spacial score (nSPS) is 11.9. The molecule has 2 heterocycles. The van der Waals surface area contributed by atoms with E-state index in [-0.39, 0.29) is 0 Å². The molecule has 0 saturated carbocycles. The molecule has 0 unspecified atom stereocenters. The van der Waals surface area contributed by atoms with E-state index in [1.54, 1.807) is 0 Å². The van der Waals surface area contributed by atoms with Crippen LogP contribution in [0.15, 0.2) is 199 Å². The number of fused-ring (bicyclic) bond motifs is 10. The topological polar surface area (TPSA) is 31.0 Å². The number of hydrogen-bond donors (Lipinski definition) is 0. The fourth-order valence-corrected chi connectivity index (χ4v) is 9.21. The van der Waals surface area contributed by atoms with Gasteiger partial charge in [-0.25, -0.2) is 4.98 Å². The van der Waals surface area contributed by atoms with Crippen molar-refractivity contribution in [3.63, 3.8) is 0 Å². The van der Waals surface area contributed by atoms with Gasteiger partial charge in [0.05, 0.1) is 11.0 Å². The first-order valence-corrected chi connectivity index (χ1v) is 19.1. The largest absolute Gasteiger partial charge is 0.435 e. The fourth-order valence-electron chi connectivity index (χ4n) is 9.21. The third-order valence-electron chi connectivity index (χ3n) is 11.6. The second-order valence-corrected chi connectivity index (χ2v) is 14.6. The minimum atomic E-state index is 0.631. The van der Waals surface area contributed by atoms with Crippen molar-refractivity contribution in [1.29, 1.82) is 0 Å². The average Bonchev–Trinajstić information content (AvgIpc) is 3.86. The van der Waals surface area contributed by atoms with Crippen LogP contribution < -0.4 is 0 Å². The summed E-state index contributed by atoms with van der Waals surface area (Å²) in [4.78, 5) is 4.98. The number of oxazole rings is 1. The van der Waals surface area contributed by atoms with Crippen LogP contribution in [0.4, 0.5) is 0 Å². The second-order valence-electron chi connectivity index (χ2n) is 14.6. The maximum atomic E-state index is 6.70. The van der Waals surface area contributed by atoms with Crippen molar-refractivity contribution in [3.05, 3.63) is 194 Å². The van der Waals surface area contributed by atoms with Crippen molar-refractivity contribution in [2.75, 3.05) is 0 Å². The minimum Gasteiger partial charge on any atom is -0.435 e. The Kier molecular flexibility index (Phi) is 6.63. The van der Waals surface area contributed by atoms with E-state index in [1.807, 2.05) is 18.2 Å². The van der Waals surface area contributed by atoms with Crippen LogP contribution in [-0.4, -0.2) is 9.55 Å². The average molecular weight is 713 g/mol. The molecule has 3 heteroatoms. The van der Waals surface area contributed by atoms with Crippen LogP contribution >= 0.6 is 0 Å². The highest BCUT2D eigenvalue weighted by molar-refractivity contribution is 6.28. The molecule has 0 bridgehead atoms. The van der Waals surface area contributed by atoms with Crippen LogP contribution in [0.3, 0.4) is 0 Å². The Morgan fingerprint density at radius 2 is 0.946 bits per heavy atom. The molecule has 10 aromatic carbocycles. The van der Waals surface area contributed by atoms with Gasteiger partial charge in [-0.1, -0.05) is 146 Å². The van der Waals surface area contributed by atoms with E-state index < -0.39 is 0 Å². The number of para-hydroxylation sites is 2. The quantitative estimate of drug-likeness (QED) is 0.134. The van der Waals surface area contributed by atoms with Crippen LogP contribution in [0.25, 0.3) is 115 Å². The summed E-state index contributed by atoms with van der Waals surface area (Å²) in [5.74, 6) is 0.631. The molecule has 0 N–H and O–H groups in total. The Morgan fingerprint density at radius 1 is 0.393 bits per heavy atom. The summed E-state index contributed by atoms with van der Waals surface area (Å²) in [6.07, 6.45) is 0. The Labute approximate surface area is 322 Å². The van der Waals surface area contributed by atoms with Crippen LogP contribution in [0.5, 0.6) is 0 Å². The Morgan fingerprint density at radius 3 is 1.62 bits per heavy atom. The molecule has 3 nitrogen and oxygen atoms in total.